The standard InChI is InChI=1S/C21H27N5O2/c1-16(21(28)23-17-7-3-2-4-8-17)25-10-5-9-18(15-25)26-20(27)13-19(14-22-26)24-11-6-12-24/h2-4,7-8,13-14,16,18H,5-6,9-12,15H2,1H3,(H,23,28)/t16-,18+/m0/s1. The van der Waals surface area contributed by atoms with E-state index in [0.29, 0.717) is 6.54 Å². The van der Waals surface area contributed by atoms with Gasteiger partial charge in [0.25, 0.3) is 5.56 Å². The van der Waals surface area contributed by atoms with Crippen LogP contribution < -0.4 is 15.8 Å². The van der Waals surface area contributed by atoms with Gasteiger partial charge in [0, 0.05) is 31.4 Å². The summed E-state index contributed by atoms with van der Waals surface area (Å²) >= 11 is 0. The van der Waals surface area contributed by atoms with Crippen LogP contribution in [0, 0.1) is 0 Å². The minimum atomic E-state index is -0.265. The van der Waals surface area contributed by atoms with Gasteiger partial charge in [-0.3, -0.25) is 14.5 Å². The Labute approximate surface area is 165 Å². The zero-order valence-electron chi connectivity index (χ0n) is 16.3. The molecule has 1 N–H and O–H groups in total. The first-order valence-corrected chi connectivity index (χ1v) is 10.1. The zero-order valence-corrected chi connectivity index (χ0v) is 16.3. The SMILES string of the molecule is C[C@@H](C(=O)Nc1ccccc1)N1CCC[C@@H](n2ncc(N3CCC3)cc2=O)C1. The van der Waals surface area contributed by atoms with E-state index in [2.05, 4.69) is 20.2 Å². The maximum atomic E-state index is 12.6. The third-order valence-electron chi connectivity index (χ3n) is 5.78. The molecule has 7 nitrogen and oxygen atoms in total. The number of hydrogen-bond donors (Lipinski definition) is 1. The monoisotopic (exact) mass is 381 g/mol. The van der Waals surface area contributed by atoms with Crippen LogP contribution in [0.3, 0.4) is 0 Å². The summed E-state index contributed by atoms with van der Waals surface area (Å²) in [4.78, 5) is 29.6. The fourth-order valence-corrected chi connectivity index (χ4v) is 3.90. The van der Waals surface area contributed by atoms with Crippen molar-refractivity contribution >= 4 is 17.3 Å². The molecular weight excluding hydrogens is 354 g/mol. The van der Waals surface area contributed by atoms with Crippen LogP contribution in [0.4, 0.5) is 11.4 Å². The molecule has 2 atom stereocenters. The molecule has 3 heterocycles. The van der Waals surface area contributed by atoms with Crippen LogP contribution in [0.2, 0.25) is 0 Å². The number of nitrogens with one attached hydrogen (secondary N) is 1. The molecule has 0 saturated carbocycles. The first kappa shape index (κ1) is 18.7. The fraction of sp³-hybridized carbons (Fsp3) is 0.476. The average molecular weight is 381 g/mol. The highest BCUT2D eigenvalue weighted by Gasteiger charge is 2.29. The number of para-hydroxylation sites is 1. The van der Waals surface area contributed by atoms with Crippen molar-refractivity contribution in [2.45, 2.75) is 38.3 Å². The Morgan fingerprint density at radius 2 is 1.96 bits per heavy atom. The summed E-state index contributed by atoms with van der Waals surface area (Å²) in [7, 11) is 0. The number of likely N-dealkylation sites (tertiary alicyclic amines) is 1. The minimum Gasteiger partial charge on any atom is -0.370 e. The number of nitrogens with zero attached hydrogens (tertiary/aromatic N) is 4. The number of rotatable bonds is 5. The molecule has 28 heavy (non-hydrogen) atoms. The Hall–Kier alpha value is -2.67. The van der Waals surface area contributed by atoms with Crippen molar-refractivity contribution in [2.24, 2.45) is 0 Å². The molecule has 0 aliphatic carbocycles. The summed E-state index contributed by atoms with van der Waals surface area (Å²) in [6, 6.07) is 10.9. The van der Waals surface area contributed by atoms with E-state index in [-0.39, 0.29) is 23.6 Å². The average Bonchev–Trinajstić information content (AvgIpc) is 2.67. The second kappa shape index (κ2) is 8.14. The van der Waals surface area contributed by atoms with Gasteiger partial charge in [-0.15, -0.1) is 0 Å². The molecule has 4 rings (SSSR count). The van der Waals surface area contributed by atoms with Crippen molar-refractivity contribution in [1.29, 1.82) is 0 Å². The largest absolute Gasteiger partial charge is 0.370 e. The van der Waals surface area contributed by atoms with Crippen molar-refractivity contribution in [3.05, 3.63) is 52.9 Å². The molecule has 0 radical (unpaired) electrons. The van der Waals surface area contributed by atoms with Gasteiger partial charge in [-0.05, 0) is 44.9 Å². The van der Waals surface area contributed by atoms with Crippen LogP contribution in [-0.4, -0.2) is 52.8 Å². The van der Waals surface area contributed by atoms with Crippen LogP contribution >= 0.6 is 0 Å². The summed E-state index contributed by atoms with van der Waals surface area (Å²) in [6.45, 7) is 5.41. The van der Waals surface area contributed by atoms with Crippen LogP contribution in [0.1, 0.15) is 32.2 Å². The molecule has 0 bridgehead atoms. The third kappa shape index (κ3) is 3.94. The lowest BCUT2D eigenvalue weighted by Crippen LogP contribution is -2.49. The van der Waals surface area contributed by atoms with Crippen molar-refractivity contribution in [3.8, 4) is 0 Å². The summed E-state index contributed by atoms with van der Waals surface area (Å²) in [5.74, 6) is -0.0275. The van der Waals surface area contributed by atoms with E-state index in [1.807, 2.05) is 37.3 Å². The summed E-state index contributed by atoms with van der Waals surface area (Å²) < 4.78 is 1.59. The molecule has 1 amide bonds. The molecule has 2 aliphatic heterocycles. The molecule has 2 fully saturated rings. The van der Waals surface area contributed by atoms with E-state index in [1.54, 1.807) is 16.9 Å². The second-order valence-electron chi connectivity index (χ2n) is 7.66. The second-order valence-corrected chi connectivity index (χ2v) is 7.66. The summed E-state index contributed by atoms with van der Waals surface area (Å²) in [5, 5.41) is 7.41. The highest BCUT2D eigenvalue weighted by Crippen LogP contribution is 2.23. The Morgan fingerprint density at radius 1 is 1.18 bits per heavy atom. The number of aromatic nitrogens is 2. The molecule has 0 unspecified atom stereocenters. The van der Waals surface area contributed by atoms with E-state index < -0.39 is 0 Å². The summed E-state index contributed by atoms with van der Waals surface area (Å²) in [6.07, 6.45) is 4.81. The van der Waals surface area contributed by atoms with Crippen LogP contribution in [0.15, 0.2) is 47.4 Å². The smallest absolute Gasteiger partial charge is 0.269 e. The normalized spacial score (nSPS) is 21.0. The first-order valence-electron chi connectivity index (χ1n) is 10.1. The van der Waals surface area contributed by atoms with E-state index in [4.69, 9.17) is 0 Å². The highest BCUT2D eigenvalue weighted by atomic mass is 16.2. The van der Waals surface area contributed by atoms with Gasteiger partial charge in [0.05, 0.1) is 24.0 Å². The van der Waals surface area contributed by atoms with Gasteiger partial charge in [-0.1, -0.05) is 18.2 Å². The zero-order chi connectivity index (χ0) is 19.5. The van der Waals surface area contributed by atoms with Crippen LogP contribution in [-0.2, 0) is 4.79 Å². The Bertz CT molecular complexity index is 878. The topological polar surface area (TPSA) is 70.5 Å². The molecule has 2 aromatic rings. The van der Waals surface area contributed by atoms with Gasteiger partial charge in [-0.25, -0.2) is 4.68 Å². The molecule has 148 valence electrons. The van der Waals surface area contributed by atoms with Crippen LogP contribution in [0.5, 0.6) is 0 Å². The number of carbonyl (C=O) groups excluding carboxylic acids is 1. The Balaban J connectivity index is 1.42. The molecule has 0 spiro atoms. The third-order valence-corrected chi connectivity index (χ3v) is 5.78. The van der Waals surface area contributed by atoms with Gasteiger partial charge in [0.1, 0.15) is 0 Å². The predicted octanol–water partition coefficient (Wildman–Crippen LogP) is 2.12. The quantitative estimate of drug-likeness (QED) is 0.859. The molecule has 2 saturated heterocycles. The van der Waals surface area contributed by atoms with E-state index in [9.17, 15) is 9.59 Å². The minimum absolute atomic E-state index is 0.00124. The first-order chi connectivity index (χ1) is 13.6. The number of anilines is 2. The maximum Gasteiger partial charge on any atom is 0.269 e. The van der Waals surface area contributed by atoms with Gasteiger partial charge < -0.3 is 10.2 Å². The number of amides is 1. The van der Waals surface area contributed by atoms with Gasteiger partial charge in [0.15, 0.2) is 0 Å². The summed E-state index contributed by atoms with van der Waals surface area (Å²) in [5.41, 5.74) is 1.65. The van der Waals surface area contributed by atoms with Crippen LogP contribution in [0.25, 0.3) is 0 Å². The Morgan fingerprint density at radius 3 is 2.64 bits per heavy atom. The number of carbonyl (C=O) groups is 1. The van der Waals surface area contributed by atoms with Crippen molar-refractivity contribution in [3.63, 3.8) is 0 Å². The van der Waals surface area contributed by atoms with E-state index in [0.717, 1.165) is 43.9 Å². The highest BCUT2D eigenvalue weighted by molar-refractivity contribution is 5.94. The van der Waals surface area contributed by atoms with Gasteiger partial charge >= 0.3 is 0 Å². The van der Waals surface area contributed by atoms with Crippen molar-refractivity contribution < 1.29 is 4.79 Å². The van der Waals surface area contributed by atoms with Gasteiger partial charge in [0.2, 0.25) is 5.91 Å². The van der Waals surface area contributed by atoms with Gasteiger partial charge in [-0.2, -0.15) is 5.10 Å². The number of hydrogen-bond acceptors (Lipinski definition) is 5. The lowest BCUT2D eigenvalue weighted by Gasteiger charge is -2.36. The molecule has 1 aromatic heterocycles. The maximum absolute atomic E-state index is 12.6. The van der Waals surface area contributed by atoms with E-state index >= 15 is 0 Å². The lowest BCUT2D eigenvalue weighted by molar-refractivity contribution is -0.121. The predicted molar refractivity (Wildman–Crippen MR) is 110 cm³/mol. The number of piperidine rings is 1. The number of benzene rings is 1. The molecule has 2 aliphatic rings. The molecule has 1 aromatic carbocycles. The fourth-order valence-electron chi connectivity index (χ4n) is 3.90. The van der Waals surface area contributed by atoms with E-state index in [1.165, 1.54) is 6.42 Å². The van der Waals surface area contributed by atoms with Crippen molar-refractivity contribution in [2.75, 3.05) is 36.4 Å². The lowest BCUT2D eigenvalue weighted by atomic mass is 10.0. The van der Waals surface area contributed by atoms with Crippen molar-refractivity contribution in [1.82, 2.24) is 14.7 Å². The Kier molecular flexibility index (Phi) is 5.43. The molecular formula is C21H27N5O2. The molecule has 7 heteroatoms.